The molecule has 1 unspecified atom stereocenters. The van der Waals surface area contributed by atoms with Crippen molar-refractivity contribution in [1.29, 1.82) is 0 Å². The summed E-state index contributed by atoms with van der Waals surface area (Å²) in [5.41, 5.74) is -0.720. The highest BCUT2D eigenvalue weighted by molar-refractivity contribution is 5.10. The number of imidazole rings is 1. The molecular formula is C12H19N3O. The van der Waals surface area contributed by atoms with Crippen LogP contribution in [0.2, 0.25) is 0 Å². The average Bonchev–Trinajstić information content (AvgIpc) is 2.88. The van der Waals surface area contributed by atoms with E-state index in [4.69, 9.17) is 0 Å². The third kappa shape index (κ3) is 1.57. The number of aryl methyl sites for hydroxylation is 1. The van der Waals surface area contributed by atoms with Crippen molar-refractivity contribution in [3.63, 3.8) is 0 Å². The second-order valence-electron chi connectivity index (χ2n) is 5.02. The first-order chi connectivity index (χ1) is 7.73. The molecule has 1 aliphatic carbocycles. The summed E-state index contributed by atoms with van der Waals surface area (Å²) in [5, 5.41) is 10.7. The summed E-state index contributed by atoms with van der Waals surface area (Å²) in [7, 11) is 0. The maximum Gasteiger partial charge on any atom is 0.142 e. The molecular weight excluding hydrogens is 202 g/mol. The van der Waals surface area contributed by atoms with Crippen molar-refractivity contribution in [2.75, 3.05) is 13.1 Å². The fourth-order valence-corrected chi connectivity index (χ4v) is 2.73. The zero-order valence-electron chi connectivity index (χ0n) is 9.76. The fraction of sp³-hybridized carbons (Fsp3) is 0.750. The second-order valence-corrected chi connectivity index (χ2v) is 5.02. The average molecular weight is 221 g/mol. The summed E-state index contributed by atoms with van der Waals surface area (Å²) in [4.78, 5) is 6.75. The minimum atomic E-state index is -0.720. The lowest BCUT2D eigenvalue weighted by molar-refractivity contribution is 0.0329. The van der Waals surface area contributed by atoms with E-state index in [9.17, 15) is 5.11 Å². The number of hydrogen-bond acceptors (Lipinski definition) is 3. The van der Waals surface area contributed by atoms with Crippen molar-refractivity contribution in [2.24, 2.45) is 0 Å². The van der Waals surface area contributed by atoms with E-state index in [1.807, 2.05) is 6.20 Å². The number of aliphatic hydroxyl groups is 1. The third-order valence-electron chi connectivity index (χ3n) is 3.81. The van der Waals surface area contributed by atoms with Crippen LogP contribution >= 0.6 is 0 Å². The van der Waals surface area contributed by atoms with Crippen LogP contribution in [-0.4, -0.2) is 38.7 Å². The predicted octanol–water partition coefficient (Wildman–Crippen LogP) is 0.959. The van der Waals surface area contributed by atoms with Gasteiger partial charge in [0.1, 0.15) is 11.4 Å². The maximum absolute atomic E-state index is 10.7. The molecule has 88 valence electrons. The molecule has 3 rings (SSSR count). The van der Waals surface area contributed by atoms with Crippen molar-refractivity contribution in [3.05, 3.63) is 18.2 Å². The summed E-state index contributed by atoms with van der Waals surface area (Å²) >= 11 is 0. The number of rotatable bonds is 3. The lowest BCUT2D eigenvalue weighted by Gasteiger charge is -2.23. The number of β-amino-alcohol motifs (C(OH)–C–C–N with tert-alkyl or cyclic N) is 1. The Morgan fingerprint density at radius 2 is 2.38 bits per heavy atom. The van der Waals surface area contributed by atoms with Crippen LogP contribution in [0.4, 0.5) is 0 Å². The molecule has 16 heavy (non-hydrogen) atoms. The van der Waals surface area contributed by atoms with E-state index in [2.05, 4.69) is 21.4 Å². The molecule has 1 N–H and O–H groups in total. The Morgan fingerprint density at radius 3 is 3.06 bits per heavy atom. The second kappa shape index (κ2) is 3.57. The van der Waals surface area contributed by atoms with Crippen LogP contribution < -0.4 is 0 Å². The van der Waals surface area contributed by atoms with Gasteiger partial charge in [0.2, 0.25) is 0 Å². The summed E-state index contributed by atoms with van der Waals surface area (Å²) < 4.78 is 2.05. The summed E-state index contributed by atoms with van der Waals surface area (Å²) in [6, 6.07) is 0.735. The zero-order chi connectivity index (χ0) is 11.2. The summed E-state index contributed by atoms with van der Waals surface area (Å²) in [6.45, 7) is 4.73. The van der Waals surface area contributed by atoms with Crippen molar-refractivity contribution < 1.29 is 5.11 Å². The molecule has 1 saturated heterocycles. The Morgan fingerprint density at radius 1 is 1.56 bits per heavy atom. The van der Waals surface area contributed by atoms with Gasteiger partial charge in [0.25, 0.3) is 0 Å². The van der Waals surface area contributed by atoms with Crippen LogP contribution in [0.3, 0.4) is 0 Å². The summed E-state index contributed by atoms with van der Waals surface area (Å²) in [6.07, 6.45) is 7.17. The van der Waals surface area contributed by atoms with Crippen molar-refractivity contribution >= 4 is 0 Å². The lowest BCUT2D eigenvalue weighted by atomic mass is 10.0. The molecule has 1 saturated carbocycles. The Balaban J connectivity index is 1.82. The number of hydrogen-bond donors (Lipinski definition) is 1. The molecule has 4 nitrogen and oxygen atoms in total. The first-order valence-electron chi connectivity index (χ1n) is 6.21. The van der Waals surface area contributed by atoms with Gasteiger partial charge < -0.3 is 9.67 Å². The molecule has 2 aliphatic rings. The molecule has 1 aliphatic heterocycles. The smallest absolute Gasteiger partial charge is 0.142 e. The molecule has 0 amide bonds. The van der Waals surface area contributed by atoms with E-state index in [0.29, 0.717) is 0 Å². The van der Waals surface area contributed by atoms with Gasteiger partial charge in [-0.25, -0.2) is 4.98 Å². The van der Waals surface area contributed by atoms with Crippen molar-refractivity contribution in [1.82, 2.24) is 14.5 Å². The zero-order valence-corrected chi connectivity index (χ0v) is 9.76. The Hall–Kier alpha value is -0.870. The van der Waals surface area contributed by atoms with Crippen molar-refractivity contribution in [2.45, 2.75) is 44.4 Å². The Labute approximate surface area is 95.9 Å². The van der Waals surface area contributed by atoms with Gasteiger partial charge in [-0.15, -0.1) is 0 Å². The topological polar surface area (TPSA) is 41.3 Å². The first-order valence-corrected chi connectivity index (χ1v) is 6.21. The van der Waals surface area contributed by atoms with Crippen LogP contribution in [0.5, 0.6) is 0 Å². The SMILES string of the molecule is CCn1ccnc1C1(O)CCN(C2CC2)C1. The molecule has 0 spiro atoms. The molecule has 1 aromatic heterocycles. The van der Waals surface area contributed by atoms with Crippen LogP contribution in [0.15, 0.2) is 12.4 Å². The molecule has 0 radical (unpaired) electrons. The van der Waals surface area contributed by atoms with Crippen LogP contribution in [0, 0.1) is 0 Å². The molecule has 2 fully saturated rings. The van der Waals surface area contributed by atoms with E-state index in [0.717, 1.165) is 37.9 Å². The largest absolute Gasteiger partial charge is 0.381 e. The number of aromatic nitrogens is 2. The maximum atomic E-state index is 10.7. The monoisotopic (exact) mass is 221 g/mol. The van der Waals surface area contributed by atoms with Gasteiger partial charge in [-0.05, 0) is 26.2 Å². The van der Waals surface area contributed by atoms with Crippen LogP contribution in [0.1, 0.15) is 32.0 Å². The minimum absolute atomic E-state index is 0.720. The molecule has 1 atom stereocenters. The van der Waals surface area contributed by atoms with Crippen LogP contribution in [-0.2, 0) is 12.1 Å². The highest BCUT2D eigenvalue weighted by Crippen LogP contribution is 2.37. The fourth-order valence-electron chi connectivity index (χ4n) is 2.73. The quantitative estimate of drug-likeness (QED) is 0.826. The molecule has 0 aromatic carbocycles. The van der Waals surface area contributed by atoms with Gasteiger partial charge in [-0.2, -0.15) is 0 Å². The van der Waals surface area contributed by atoms with Gasteiger partial charge in [0.05, 0.1) is 0 Å². The summed E-state index contributed by atoms with van der Waals surface area (Å²) in [5.74, 6) is 0.846. The minimum Gasteiger partial charge on any atom is -0.381 e. The number of likely N-dealkylation sites (tertiary alicyclic amines) is 1. The van der Waals surface area contributed by atoms with Gasteiger partial charge in [0, 0.05) is 38.1 Å². The van der Waals surface area contributed by atoms with Crippen LogP contribution in [0.25, 0.3) is 0 Å². The van der Waals surface area contributed by atoms with Crippen molar-refractivity contribution in [3.8, 4) is 0 Å². The molecule has 4 heteroatoms. The van der Waals surface area contributed by atoms with Gasteiger partial charge in [-0.3, -0.25) is 4.90 Å². The molecule has 0 bridgehead atoms. The van der Waals surface area contributed by atoms with E-state index in [-0.39, 0.29) is 0 Å². The normalized spacial score (nSPS) is 31.1. The van der Waals surface area contributed by atoms with E-state index in [1.165, 1.54) is 12.8 Å². The van der Waals surface area contributed by atoms with E-state index < -0.39 is 5.60 Å². The third-order valence-corrected chi connectivity index (χ3v) is 3.81. The van der Waals surface area contributed by atoms with Gasteiger partial charge in [0.15, 0.2) is 0 Å². The van der Waals surface area contributed by atoms with E-state index in [1.54, 1.807) is 6.20 Å². The van der Waals surface area contributed by atoms with Gasteiger partial charge in [-0.1, -0.05) is 0 Å². The highest BCUT2D eigenvalue weighted by Gasteiger charge is 2.45. The first kappa shape index (κ1) is 10.3. The lowest BCUT2D eigenvalue weighted by Crippen LogP contribution is -2.34. The molecule has 2 heterocycles. The number of nitrogens with zero attached hydrogens (tertiary/aromatic N) is 3. The van der Waals surface area contributed by atoms with Gasteiger partial charge >= 0.3 is 0 Å². The highest BCUT2D eigenvalue weighted by atomic mass is 16.3. The predicted molar refractivity (Wildman–Crippen MR) is 61.0 cm³/mol. The van der Waals surface area contributed by atoms with E-state index >= 15 is 0 Å². The molecule has 1 aromatic rings. The Kier molecular flexibility index (Phi) is 2.30. The Bertz CT molecular complexity index is 385. The standard InChI is InChI=1S/C12H19N3O/c1-2-14-8-6-13-11(14)12(16)5-7-15(9-12)10-3-4-10/h6,8,10,16H,2-5,7,9H2,1H3.